The second-order valence-electron chi connectivity index (χ2n) is 6.23. The van der Waals surface area contributed by atoms with E-state index in [1.807, 2.05) is 13.8 Å². The number of hydrogen-bond donors (Lipinski definition) is 1. The van der Waals surface area contributed by atoms with Crippen molar-refractivity contribution in [2.45, 2.75) is 38.9 Å². The molecule has 4 unspecified atom stereocenters. The van der Waals surface area contributed by atoms with Gasteiger partial charge >= 0.3 is 5.97 Å². The average molecular weight is 267 g/mol. The highest BCUT2D eigenvalue weighted by atomic mass is 16.5. The predicted octanol–water partition coefficient (Wildman–Crippen LogP) is 0.260. The quantitative estimate of drug-likeness (QED) is 0.741. The normalized spacial score (nSPS) is 39.6. The first-order valence-electron chi connectivity index (χ1n) is 6.57. The lowest BCUT2D eigenvalue weighted by molar-refractivity contribution is -0.151. The largest absolute Gasteiger partial charge is 0.479 e. The topological polar surface area (TPSA) is 83.9 Å². The van der Waals surface area contributed by atoms with Gasteiger partial charge in [-0.3, -0.25) is 14.5 Å². The summed E-state index contributed by atoms with van der Waals surface area (Å²) in [6.07, 6.45) is -0.125. The minimum absolute atomic E-state index is 0.123. The minimum atomic E-state index is -0.981. The number of carbonyl (C=O) groups is 3. The van der Waals surface area contributed by atoms with Gasteiger partial charge in [-0.05, 0) is 18.3 Å². The Balaban J connectivity index is 1.63. The molecule has 2 heterocycles. The zero-order chi connectivity index (χ0) is 13.9. The summed E-state index contributed by atoms with van der Waals surface area (Å²) >= 11 is 0. The van der Waals surface area contributed by atoms with Crippen molar-refractivity contribution in [3.05, 3.63) is 0 Å². The van der Waals surface area contributed by atoms with E-state index in [9.17, 15) is 14.4 Å². The van der Waals surface area contributed by atoms with Gasteiger partial charge in [0.25, 0.3) is 0 Å². The number of imide groups is 1. The zero-order valence-electron chi connectivity index (χ0n) is 11.0. The van der Waals surface area contributed by atoms with Crippen LogP contribution in [0, 0.1) is 17.3 Å². The number of amides is 2. The summed E-state index contributed by atoms with van der Waals surface area (Å²) in [7, 11) is 0. The van der Waals surface area contributed by atoms with E-state index in [0.717, 1.165) is 0 Å². The number of hydrogen-bond acceptors (Lipinski definition) is 4. The Kier molecular flexibility index (Phi) is 2.51. The number of nitrogens with zero attached hydrogens (tertiary/aromatic N) is 1. The molecule has 2 saturated heterocycles. The molecule has 0 aromatic carbocycles. The lowest BCUT2D eigenvalue weighted by atomic mass is 10.1. The van der Waals surface area contributed by atoms with E-state index in [4.69, 9.17) is 9.84 Å². The Morgan fingerprint density at radius 2 is 1.89 bits per heavy atom. The van der Waals surface area contributed by atoms with Crippen LogP contribution in [0.15, 0.2) is 0 Å². The first kappa shape index (κ1) is 12.6. The van der Waals surface area contributed by atoms with Crippen LogP contribution in [0.3, 0.4) is 0 Å². The standard InChI is InChI=1S/C13H17NO5/c1-13(2)8-9(13)11(16)14(10(8)15)5-6-3-4-7(19-6)12(17)18/h6-9H,3-5H2,1-2H3,(H,17,18). The Morgan fingerprint density at radius 1 is 1.32 bits per heavy atom. The number of carboxylic acids is 1. The van der Waals surface area contributed by atoms with E-state index in [0.29, 0.717) is 12.8 Å². The van der Waals surface area contributed by atoms with Gasteiger partial charge in [-0.25, -0.2) is 4.79 Å². The highest BCUT2D eigenvalue weighted by Gasteiger charge is 2.72. The number of carboxylic acid groups (broad SMARTS) is 1. The summed E-state index contributed by atoms with van der Waals surface area (Å²) in [5.41, 5.74) is -0.204. The van der Waals surface area contributed by atoms with Gasteiger partial charge in [0.1, 0.15) is 0 Å². The van der Waals surface area contributed by atoms with Crippen molar-refractivity contribution in [1.29, 1.82) is 0 Å². The van der Waals surface area contributed by atoms with Gasteiger partial charge in [0.05, 0.1) is 24.5 Å². The molecule has 104 valence electrons. The van der Waals surface area contributed by atoms with Crippen LogP contribution in [-0.2, 0) is 19.1 Å². The molecule has 6 heteroatoms. The van der Waals surface area contributed by atoms with Crippen molar-refractivity contribution in [1.82, 2.24) is 4.90 Å². The first-order chi connectivity index (χ1) is 8.84. The molecule has 1 N–H and O–H groups in total. The number of carbonyl (C=O) groups excluding carboxylic acids is 2. The second-order valence-corrected chi connectivity index (χ2v) is 6.23. The third kappa shape index (κ3) is 1.69. The fraction of sp³-hybridized carbons (Fsp3) is 0.769. The molecule has 19 heavy (non-hydrogen) atoms. The van der Waals surface area contributed by atoms with Crippen LogP contribution in [-0.4, -0.2) is 46.5 Å². The summed E-state index contributed by atoms with van der Waals surface area (Å²) in [5.74, 6) is -1.59. The second kappa shape index (κ2) is 3.79. The van der Waals surface area contributed by atoms with Crippen molar-refractivity contribution in [2.75, 3.05) is 6.54 Å². The van der Waals surface area contributed by atoms with E-state index < -0.39 is 12.1 Å². The summed E-state index contributed by atoms with van der Waals surface area (Å²) in [4.78, 5) is 36.3. The van der Waals surface area contributed by atoms with Gasteiger partial charge in [-0.1, -0.05) is 13.8 Å². The first-order valence-corrected chi connectivity index (χ1v) is 6.57. The molecule has 0 aromatic heterocycles. The van der Waals surface area contributed by atoms with E-state index >= 15 is 0 Å². The van der Waals surface area contributed by atoms with Crippen LogP contribution >= 0.6 is 0 Å². The summed E-state index contributed by atoms with van der Waals surface area (Å²) in [6, 6.07) is 0. The van der Waals surface area contributed by atoms with E-state index in [-0.39, 0.29) is 41.7 Å². The number of rotatable bonds is 3. The smallest absolute Gasteiger partial charge is 0.332 e. The van der Waals surface area contributed by atoms with Crippen LogP contribution < -0.4 is 0 Å². The Labute approximate surface area is 110 Å². The maximum Gasteiger partial charge on any atom is 0.332 e. The van der Waals surface area contributed by atoms with Crippen molar-refractivity contribution in [3.63, 3.8) is 0 Å². The van der Waals surface area contributed by atoms with Crippen molar-refractivity contribution < 1.29 is 24.2 Å². The molecule has 0 aromatic rings. The molecular formula is C13H17NO5. The Hall–Kier alpha value is -1.43. The minimum Gasteiger partial charge on any atom is -0.479 e. The van der Waals surface area contributed by atoms with Crippen LogP contribution in [0.5, 0.6) is 0 Å². The molecule has 3 aliphatic rings. The lowest BCUT2D eigenvalue weighted by Crippen LogP contribution is -2.41. The highest BCUT2D eigenvalue weighted by Crippen LogP contribution is 2.63. The number of ether oxygens (including phenoxy) is 1. The third-order valence-corrected chi connectivity index (χ3v) is 4.66. The van der Waals surface area contributed by atoms with Crippen molar-refractivity contribution >= 4 is 17.8 Å². The molecule has 1 aliphatic carbocycles. The molecule has 0 bridgehead atoms. The van der Waals surface area contributed by atoms with Crippen LogP contribution in [0.25, 0.3) is 0 Å². The molecule has 3 fully saturated rings. The summed E-state index contributed by atoms with van der Waals surface area (Å²) in [5, 5.41) is 8.84. The average Bonchev–Trinajstić information content (AvgIpc) is 2.66. The van der Waals surface area contributed by atoms with Crippen LogP contribution in [0.1, 0.15) is 26.7 Å². The molecule has 0 radical (unpaired) electrons. The zero-order valence-corrected chi connectivity index (χ0v) is 11.0. The maximum atomic E-state index is 12.1. The van der Waals surface area contributed by atoms with E-state index in [1.165, 1.54) is 4.90 Å². The molecule has 3 rings (SSSR count). The number of aliphatic carboxylic acids is 1. The van der Waals surface area contributed by atoms with Gasteiger partial charge in [0.2, 0.25) is 11.8 Å². The SMILES string of the molecule is CC1(C)C2C(=O)N(CC3CCC(C(=O)O)O3)C(=O)C21. The van der Waals surface area contributed by atoms with Crippen LogP contribution in [0.2, 0.25) is 0 Å². The lowest BCUT2D eigenvalue weighted by Gasteiger charge is -2.23. The van der Waals surface area contributed by atoms with E-state index in [1.54, 1.807) is 0 Å². The summed E-state index contributed by atoms with van der Waals surface area (Å²) < 4.78 is 5.34. The Bertz CT molecular complexity index is 448. The predicted molar refractivity (Wildman–Crippen MR) is 63.0 cm³/mol. The number of fused-ring (bicyclic) bond motifs is 1. The Morgan fingerprint density at radius 3 is 2.37 bits per heavy atom. The number of likely N-dealkylation sites (tertiary alicyclic amines) is 1. The summed E-state index contributed by atoms with van der Waals surface area (Å²) in [6.45, 7) is 4.06. The van der Waals surface area contributed by atoms with Crippen molar-refractivity contribution in [3.8, 4) is 0 Å². The highest BCUT2D eigenvalue weighted by molar-refractivity contribution is 6.10. The molecule has 6 nitrogen and oxygen atoms in total. The van der Waals surface area contributed by atoms with Crippen LogP contribution in [0.4, 0.5) is 0 Å². The molecule has 2 amide bonds. The van der Waals surface area contributed by atoms with Crippen molar-refractivity contribution in [2.24, 2.45) is 17.3 Å². The monoisotopic (exact) mass is 267 g/mol. The van der Waals surface area contributed by atoms with Gasteiger partial charge in [-0.15, -0.1) is 0 Å². The molecule has 0 spiro atoms. The van der Waals surface area contributed by atoms with Gasteiger partial charge in [-0.2, -0.15) is 0 Å². The maximum absolute atomic E-state index is 12.1. The number of piperidine rings is 1. The fourth-order valence-electron chi connectivity index (χ4n) is 3.41. The van der Waals surface area contributed by atoms with Gasteiger partial charge < -0.3 is 9.84 Å². The van der Waals surface area contributed by atoms with Gasteiger partial charge in [0.15, 0.2) is 6.10 Å². The van der Waals surface area contributed by atoms with E-state index in [2.05, 4.69) is 0 Å². The van der Waals surface area contributed by atoms with Gasteiger partial charge in [0, 0.05) is 0 Å². The molecular weight excluding hydrogens is 250 g/mol. The third-order valence-electron chi connectivity index (χ3n) is 4.66. The molecule has 2 aliphatic heterocycles. The fourth-order valence-corrected chi connectivity index (χ4v) is 3.41. The molecule has 4 atom stereocenters. The molecule has 1 saturated carbocycles.